The van der Waals surface area contributed by atoms with Crippen LogP contribution in [0.4, 0.5) is 5.82 Å². The van der Waals surface area contributed by atoms with Crippen LogP contribution in [0.5, 0.6) is 0 Å². The molecule has 0 amide bonds. The minimum absolute atomic E-state index is 0.221. The van der Waals surface area contributed by atoms with E-state index in [-0.39, 0.29) is 5.56 Å². The fraction of sp³-hybridized carbons (Fsp3) is 0.0714. The van der Waals surface area contributed by atoms with Crippen LogP contribution in [0.25, 0.3) is 11.3 Å². The summed E-state index contributed by atoms with van der Waals surface area (Å²) in [6, 6.07) is 9.93. The summed E-state index contributed by atoms with van der Waals surface area (Å²) in [5.74, 6) is 0.324. The second-order valence-electron chi connectivity index (χ2n) is 4.29. The molecule has 0 radical (unpaired) electrons. The molecule has 3 N–H and O–H groups in total. The summed E-state index contributed by atoms with van der Waals surface area (Å²) in [5, 5.41) is 9.85. The van der Waals surface area contributed by atoms with E-state index >= 15 is 0 Å². The van der Waals surface area contributed by atoms with Gasteiger partial charge in [0.15, 0.2) is 5.82 Å². The Hall–Kier alpha value is -2.89. The van der Waals surface area contributed by atoms with Crippen LogP contribution in [-0.2, 0) is 6.54 Å². The molecule has 0 saturated carbocycles. The van der Waals surface area contributed by atoms with Crippen molar-refractivity contribution in [2.24, 2.45) is 0 Å². The normalized spacial score (nSPS) is 10.4. The van der Waals surface area contributed by atoms with Gasteiger partial charge in [-0.05, 0) is 17.2 Å². The zero-order valence-electron chi connectivity index (χ0n) is 10.6. The molecular weight excluding hydrogens is 254 g/mol. The number of benzene rings is 1. The first-order valence-corrected chi connectivity index (χ1v) is 6.19. The van der Waals surface area contributed by atoms with Gasteiger partial charge in [0.25, 0.3) is 5.56 Å². The summed E-state index contributed by atoms with van der Waals surface area (Å²) in [7, 11) is 0. The average Bonchev–Trinajstić information content (AvgIpc) is 3.01. The van der Waals surface area contributed by atoms with Crippen molar-refractivity contribution in [2.75, 3.05) is 5.32 Å². The standard InChI is InChI=1S/C14H13N5O/c20-14-13(15-7-8-16-14)17-9-10-1-3-11(4-2-10)12-5-6-18-19-12/h1-8H,9H2,(H,15,17)(H,16,20)(H,18,19). The third-order valence-electron chi connectivity index (χ3n) is 2.93. The van der Waals surface area contributed by atoms with E-state index in [2.05, 4.69) is 25.5 Å². The Bertz CT molecular complexity index is 731. The number of hydrogen-bond acceptors (Lipinski definition) is 4. The van der Waals surface area contributed by atoms with E-state index < -0.39 is 0 Å². The first-order chi connectivity index (χ1) is 9.83. The van der Waals surface area contributed by atoms with Gasteiger partial charge in [-0.15, -0.1) is 0 Å². The first-order valence-electron chi connectivity index (χ1n) is 6.19. The van der Waals surface area contributed by atoms with Gasteiger partial charge in [-0.25, -0.2) is 4.98 Å². The number of nitrogens with one attached hydrogen (secondary N) is 3. The summed E-state index contributed by atoms with van der Waals surface area (Å²) in [4.78, 5) is 18.0. The molecule has 0 bridgehead atoms. The van der Waals surface area contributed by atoms with Crippen molar-refractivity contribution < 1.29 is 0 Å². The van der Waals surface area contributed by atoms with E-state index in [0.29, 0.717) is 12.4 Å². The number of aromatic amines is 2. The fourth-order valence-electron chi connectivity index (χ4n) is 1.88. The number of rotatable bonds is 4. The number of aromatic nitrogens is 4. The molecule has 3 rings (SSSR count). The molecular formula is C14H13N5O. The molecule has 0 unspecified atom stereocenters. The molecule has 0 aliphatic rings. The van der Waals surface area contributed by atoms with Crippen LogP contribution in [0.3, 0.4) is 0 Å². The van der Waals surface area contributed by atoms with E-state index in [1.807, 2.05) is 30.3 Å². The summed E-state index contributed by atoms with van der Waals surface area (Å²) in [6.45, 7) is 0.545. The molecule has 0 atom stereocenters. The van der Waals surface area contributed by atoms with E-state index in [1.54, 1.807) is 12.4 Å². The van der Waals surface area contributed by atoms with E-state index in [4.69, 9.17) is 0 Å². The predicted molar refractivity (Wildman–Crippen MR) is 76.2 cm³/mol. The molecule has 2 aromatic heterocycles. The number of hydrogen-bond donors (Lipinski definition) is 3. The Kier molecular flexibility index (Phi) is 3.28. The van der Waals surface area contributed by atoms with Gasteiger partial charge in [-0.1, -0.05) is 24.3 Å². The highest BCUT2D eigenvalue weighted by molar-refractivity contribution is 5.58. The fourth-order valence-corrected chi connectivity index (χ4v) is 1.88. The van der Waals surface area contributed by atoms with Crippen molar-refractivity contribution in [1.29, 1.82) is 0 Å². The lowest BCUT2D eigenvalue weighted by Gasteiger charge is -2.05. The van der Waals surface area contributed by atoms with E-state index in [1.165, 1.54) is 6.20 Å². The number of H-pyrrole nitrogens is 2. The second kappa shape index (κ2) is 5.40. The van der Waals surface area contributed by atoms with Crippen LogP contribution in [0.2, 0.25) is 0 Å². The molecule has 0 aliphatic heterocycles. The van der Waals surface area contributed by atoms with E-state index in [9.17, 15) is 4.79 Å². The van der Waals surface area contributed by atoms with Crippen LogP contribution in [0.1, 0.15) is 5.56 Å². The summed E-state index contributed by atoms with van der Waals surface area (Å²) in [5.41, 5.74) is 2.90. The molecule has 20 heavy (non-hydrogen) atoms. The van der Waals surface area contributed by atoms with Crippen molar-refractivity contribution in [1.82, 2.24) is 20.2 Å². The highest BCUT2D eigenvalue weighted by Crippen LogP contribution is 2.16. The lowest BCUT2D eigenvalue weighted by Crippen LogP contribution is -2.14. The molecule has 0 aliphatic carbocycles. The van der Waals surface area contributed by atoms with Gasteiger partial charge in [0.1, 0.15) is 0 Å². The topological polar surface area (TPSA) is 86.5 Å². The first kappa shape index (κ1) is 12.2. The second-order valence-corrected chi connectivity index (χ2v) is 4.29. The van der Waals surface area contributed by atoms with Crippen molar-refractivity contribution >= 4 is 5.82 Å². The Morgan fingerprint density at radius 2 is 1.95 bits per heavy atom. The molecule has 3 aromatic rings. The number of nitrogens with zero attached hydrogens (tertiary/aromatic N) is 2. The quantitative estimate of drug-likeness (QED) is 0.672. The lowest BCUT2D eigenvalue weighted by molar-refractivity contribution is 1.06. The van der Waals surface area contributed by atoms with Crippen molar-refractivity contribution in [2.45, 2.75) is 6.54 Å². The zero-order valence-corrected chi connectivity index (χ0v) is 10.6. The highest BCUT2D eigenvalue weighted by Gasteiger charge is 2.01. The van der Waals surface area contributed by atoms with Crippen LogP contribution in [0.15, 0.2) is 53.7 Å². The summed E-state index contributed by atoms with van der Waals surface area (Å²) >= 11 is 0. The van der Waals surface area contributed by atoms with Gasteiger partial charge in [0, 0.05) is 25.1 Å². The van der Waals surface area contributed by atoms with Crippen molar-refractivity contribution in [3.05, 3.63) is 64.8 Å². The maximum absolute atomic E-state index is 11.5. The third kappa shape index (κ3) is 2.59. The van der Waals surface area contributed by atoms with Gasteiger partial charge >= 0.3 is 0 Å². The van der Waals surface area contributed by atoms with Crippen LogP contribution in [0, 0.1) is 0 Å². The molecule has 1 aromatic carbocycles. The van der Waals surface area contributed by atoms with Crippen molar-refractivity contribution in [3.8, 4) is 11.3 Å². The van der Waals surface area contributed by atoms with Gasteiger partial charge in [0.05, 0.1) is 5.69 Å². The zero-order chi connectivity index (χ0) is 13.8. The smallest absolute Gasteiger partial charge is 0.290 e. The molecule has 2 heterocycles. The lowest BCUT2D eigenvalue weighted by atomic mass is 10.1. The third-order valence-corrected chi connectivity index (χ3v) is 2.93. The van der Waals surface area contributed by atoms with Gasteiger partial charge in [-0.2, -0.15) is 5.10 Å². The van der Waals surface area contributed by atoms with Gasteiger partial charge in [0.2, 0.25) is 0 Å². The molecule has 0 fully saturated rings. The molecule has 6 heteroatoms. The Balaban J connectivity index is 1.70. The Morgan fingerprint density at radius 3 is 2.65 bits per heavy atom. The van der Waals surface area contributed by atoms with E-state index in [0.717, 1.165) is 16.8 Å². The molecule has 100 valence electrons. The SMILES string of the molecule is O=c1[nH]ccnc1NCc1ccc(-c2ccn[nH]2)cc1. The summed E-state index contributed by atoms with van der Waals surface area (Å²) in [6.07, 6.45) is 4.77. The van der Waals surface area contributed by atoms with Crippen LogP contribution in [-0.4, -0.2) is 20.2 Å². The van der Waals surface area contributed by atoms with Crippen molar-refractivity contribution in [3.63, 3.8) is 0 Å². The largest absolute Gasteiger partial charge is 0.361 e. The minimum Gasteiger partial charge on any atom is -0.361 e. The van der Waals surface area contributed by atoms with Gasteiger partial charge in [-0.3, -0.25) is 9.89 Å². The summed E-state index contributed by atoms with van der Waals surface area (Å²) < 4.78 is 0. The predicted octanol–water partition coefficient (Wildman–Crippen LogP) is 1.77. The highest BCUT2D eigenvalue weighted by atomic mass is 16.1. The maximum atomic E-state index is 11.5. The maximum Gasteiger partial charge on any atom is 0.290 e. The van der Waals surface area contributed by atoms with Gasteiger partial charge < -0.3 is 10.3 Å². The molecule has 6 nitrogen and oxygen atoms in total. The average molecular weight is 267 g/mol. The number of anilines is 1. The van der Waals surface area contributed by atoms with Crippen LogP contribution < -0.4 is 10.9 Å². The Morgan fingerprint density at radius 1 is 1.10 bits per heavy atom. The van der Waals surface area contributed by atoms with Crippen LogP contribution >= 0.6 is 0 Å². The molecule has 0 spiro atoms. The monoisotopic (exact) mass is 267 g/mol. The Labute approximate surface area is 114 Å². The molecule has 0 saturated heterocycles. The minimum atomic E-state index is -0.221.